The number of phenols is 1. The molecule has 4 nitrogen and oxygen atoms in total. The van der Waals surface area contributed by atoms with Crippen LogP contribution in [-0.2, 0) is 0 Å². The maximum atomic E-state index is 12.5. The smallest absolute Gasteiger partial charge is 0.275 e. The Bertz CT molecular complexity index is 909. The Hall–Kier alpha value is -2.88. The number of fused-ring (bicyclic) bond motifs is 1. The minimum Gasteiger partial charge on any atom is -0.507 e. The summed E-state index contributed by atoms with van der Waals surface area (Å²) in [5, 5.41) is 16.2. The Morgan fingerprint density at radius 3 is 2.64 bits per heavy atom. The van der Waals surface area contributed by atoms with Crippen LogP contribution < -0.4 is 5.43 Å². The molecule has 4 heteroatoms. The van der Waals surface area contributed by atoms with E-state index in [9.17, 15) is 9.90 Å². The van der Waals surface area contributed by atoms with Crippen molar-refractivity contribution in [3.05, 3.63) is 65.8 Å². The quantitative estimate of drug-likeness (QED) is 0.638. The van der Waals surface area contributed by atoms with Crippen LogP contribution in [0.15, 0.2) is 65.3 Å². The molecule has 1 atom stereocenters. The van der Waals surface area contributed by atoms with Crippen LogP contribution in [0.1, 0.15) is 37.0 Å². The van der Waals surface area contributed by atoms with E-state index in [1.165, 1.54) is 0 Å². The number of benzene rings is 2. The van der Waals surface area contributed by atoms with Gasteiger partial charge in [0.25, 0.3) is 5.91 Å². The number of nitrogens with zero attached hydrogens (tertiary/aromatic N) is 1. The summed E-state index contributed by atoms with van der Waals surface area (Å²) in [7, 11) is 0. The predicted molar refractivity (Wildman–Crippen MR) is 102 cm³/mol. The van der Waals surface area contributed by atoms with E-state index in [1.54, 1.807) is 12.1 Å². The van der Waals surface area contributed by atoms with Crippen molar-refractivity contribution in [1.82, 2.24) is 5.43 Å². The lowest BCUT2D eigenvalue weighted by atomic mass is 9.85. The van der Waals surface area contributed by atoms with Gasteiger partial charge in [-0.1, -0.05) is 42.5 Å². The van der Waals surface area contributed by atoms with Gasteiger partial charge in [-0.15, -0.1) is 0 Å². The summed E-state index contributed by atoms with van der Waals surface area (Å²) in [5.41, 5.74) is 5.85. The summed E-state index contributed by atoms with van der Waals surface area (Å²) < 4.78 is 0. The molecule has 0 heterocycles. The van der Waals surface area contributed by atoms with Crippen molar-refractivity contribution >= 4 is 22.4 Å². The number of hydrogen-bond acceptors (Lipinski definition) is 3. The molecule has 25 heavy (non-hydrogen) atoms. The van der Waals surface area contributed by atoms with E-state index < -0.39 is 5.91 Å². The lowest BCUT2D eigenvalue weighted by Gasteiger charge is -2.22. The molecule has 1 unspecified atom stereocenters. The van der Waals surface area contributed by atoms with Gasteiger partial charge in [0, 0.05) is 0 Å². The zero-order valence-corrected chi connectivity index (χ0v) is 14.5. The number of amides is 1. The monoisotopic (exact) mass is 334 g/mol. The van der Waals surface area contributed by atoms with Crippen LogP contribution in [-0.4, -0.2) is 16.7 Å². The normalized spacial score (nSPS) is 18.9. The highest BCUT2D eigenvalue weighted by atomic mass is 16.3. The van der Waals surface area contributed by atoms with Crippen molar-refractivity contribution in [2.45, 2.75) is 26.7 Å². The first-order chi connectivity index (χ1) is 12.0. The van der Waals surface area contributed by atoms with Crippen molar-refractivity contribution < 1.29 is 9.90 Å². The average molecular weight is 334 g/mol. The Balaban J connectivity index is 1.82. The molecule has 1 amide bonds. The van der Waals surface area contributed by atoms with E-state index in [0.29, 0.717) is 5.92 Å². The first kappa shape index (κ1) is 17.0. The van der Waals surface area contributed by atoms with E-state index in [2.05, 4.69) is 23.2 Å². The molecule has 1 aliphatic rings. The first-order valence-corrected chi connectivity index (χ1v) is 8.37. The van der Waals surface area contributed by atoms with Crippen molar-refractivity contribution in [3.63, 3.8) is 0 Å². The molecular weight excluding hydrogens is 312 g/mol. The second kappa shape index (κ2) is 6.93. The molecule has 1 aliphatic carbocycles. The van der Waals surface area contributed by atoms with E-state index in [1.807, 2.05) is 38.1 Å². The highest BCUT2D eigenvalue weighted by Gasteiger charge is 2.19. The van der Waals surface area contributed by atoms with Crippen LogP contribution in [0.5, 0.6) is 5.75 Å². The van der Waals surface area contributed by atoms with Gasteiger partial charge in [0.05, 0.1) is 11.3 Å². The average Bonchev–Trinajstić information content (AvgIpc) is 2.60. The topological polar surface area (TPSA) is 61.7 Å². The molecule has 2 aromatic rings. The van der Waals surface area contributed by atoms with Gasteiger partial charge in [-0.25, -0.2) is 5.43 Å². The van der Waals surface area contributed by atoms with Gasteiger partial charge in [-0.2, -0.15) is 5.10 Å². The molecule has 0 aromatic heterocycles. The number of carbonyl (C=O) groups excluding carboxylic acids is 1. The predicted octanol–water partition coefficient (Wildman–Crippen LogP) is 4.56. The van der Waals surface area contributed by atoms with Gasteiger partial charge in [-0.3, -0.25) is 4.79 Å². The SMILES string of the molecule is C=C(C)C1CC=C(C)/C(=N/NC(=O)c2cc3ccccc3cc2O)C1. The van der Waals surface area contributed by atoms with Crippen LogP contribution in [0.3, 0.4) is 0 Å². The first-order valence-electron chi connectivity index (χ1n) is 8.37. The molecule has 128 valence electrons. The molecule has 0 saturated heterocycles. The highest BCUT2D eigenvalue weighted by Crippen LogP contribution is 2.27. The number of hydrogen-bond donors (Lipinski definition) is 2. The minimum absolute atomic E-state index is 0.0490. The third-order valence-electron chi connectivity index (χ3n) is 4.70. The van der Waals surface area contributed by atoms with E-state index in [0.717, 1.165) is 40.5 Å². The van der Waals surface area contributed by atoms with Crippen LogP contribution in [0, 0.1) is 5.92 Å². The maximum absolute atomic E-state index is 12.5. The Labute approximate surface area is 147 Å². The number of hydrazone groups is 1. The summed E-state index contributed by atoms with van der Waals surface area (Å²) in [4.78, 5) is 12.5. The number of aromatic hydroxyl groups is 1. The molecule has 0 saturated carbocycles. The van der Waals surface area contributed by atoms with Gasteiger partial charge >= 0.3 is 0 Å². The molecule has 2 aromatic carbocycles. The summed E-state index contributed by atoms with van der Waals surface area (Å²) in [5.74, 6) is -0.110. The van der Waals surface area contributed by atoms with Gasteiger partial charge in [0.1, 0.15) is 5.75 Å². The van der Waals surface area contributed by atoms with Crippen LogP contribution >= 0.6 is 0 Å². The van der Waals surface area contributed by atoms with Gasteiger partial charge in [0.2, 0.25) is 0 Å². The van der Waals surface area contributed by atoms with Gasteiger partial charge in [-0.05, 0) is 61.1 Å². The molecular formula is C21H22N2O2. The molecule has 2 N–H and O–H groups in total. The number of allylic oxidation sites excluding steroid dienone is 3. The summed E-state index contributed by atoms with van der Waals surface area (Å²) in [6.45, 7) is 8.03. The minimum atomic E-state index is -0.416. The van der Waals surface area contributed by atoms with Crippen molar-refractivity contribution in [2.24, 2.45) is 11.0 Å². The summed E-state index contributed by atoms with van der Waals surface area (Å²) >= 11 is 0. The third-order valence-corrected chi connectivity index (χ3v) is 4.70. The molecule has 0 fully saturated rings. The standard InChI is InChI=1S/C21H22N2O2/c1-13(2)15-9-8-14(3)19(11-15)22-23-21(25)18-10-16-6-4-5-7-17(16)12-20(18)24/h4-8,10,12,15,24H,1,9,11H2,2-3H3,(H,23,25)/b22-19+. The second-order valence-electron chi connectivity index (χ2n) is 6.59. The van der Waals surface area contributed by atoms with E-state index >= 15 is 0 Å². The van der Waals surface area contributed by atoms with Crippen molar-refractivity contribution in [3.8, 4) is 5.75 Å². The number of phenolic OH excluding ortho intramolecular Hbond substituents is 1. The Morgan fingerprint density at radius 1 is 1.28 bits per heavy atom. The highest BCUT2D eigenvalue weighted by molar-refractivity contribution is 6.04. The number of nitrogens with one attached hydrogen (secondary N) is 1. The fourth-order valence-corrected chi connectivity index (χ4v) is 3.01. The number of carbonyl (C=O) groups is 1. The van der Waals surface area contributed by atoms with Gasteiger partial charge < -0.3 is 5.11 Å². The van der Waals surface area contributed by atoms with E-state index in [4.69, 9.17) is 0 Å². The molecule has 3 rings (SSSR count). The lowest BCUT2D eigenvalue weighted by molar-refractivity contribution is 0.0952. The fourth-order valence-electron chi connectivity index (χ4n) is 3.01. The number of rotatable bonds is 3. The molecule has 0 aliphatic heterocycles. The molecule has 0 bridgehead atoms. The molecule has 0 spiro atoms. The second-order valence-corrected chi connectivity index (χ2v) is 6.59. The lowest BCUT2D eigenvalue weighted by Crippen LogP contribution is -2.23. The third kappa shape index (κ3) is 3.63. The summed E-state index contributed by atoms with van der Waals surface area (Å²) in [6.07, 6.45) is 3.85. The van der Waals surface area contributed by atoms with Crippen LogP contribution in [0.4, 0.5) is 0 Å². The maximum Gasteiger partial charge on any atom is 0.275 e. The Morgan fingerprint density at radius 2 is 1.96 bits per heavy atom. The fraction of sp³-hybridized carbons (Fsp3) is 0.238. The zero-order valence-electron chi connectivity index (χ0n) is 14.5. The van der Waals surface area contributed by atoms with Crippen molar-refractivity contribution in [1.29, 1.82) is 0 Å². The largest absolute Gasteiger partial charge is 0.507 e. The Kier molecular flexibility index (Phi) is 4.70. The van der Waals surface area contributed by atoms with Gasteiger partial charge in [0.15, 0.2) is 0 Å². The van der Waals surface area contributed by atoms with E-state index in [-0.39, 0.29) is 11.3 Å². The van der Waals surface area contributed by atoms with Crippen LogP contribution in [0.25, 0.3) is 10.8 Å². The summed E-state index contributed by atoms with van der Waals surface area (Å²) in [6, 6.07) is 10.9. The van der Waals surface area contributed by atoms with Crippen molar-refractivity contribution in [2.75, 3.05) is 0 Å². The molecule has 0 radical (unpaired) electrons. The zero-order chi connectivity index (χ0) is 18.0. The van der Waals surface area contributed by atoms with Crippen LogP contribution in [0.2, 0.25) is 0 Å².